The van der Waals surface area contributed by atoms with E-state index in [4.69, 9.17) is 17.3 Å². The number of hydrogen-bond donors (Lipinski definition) is 1. The van der Waals surface area contributed by atoms with Crippen molar-refractivity contribution in [1.29, 1.82) is 0 Å². The van der Waals surface area contributed by atoms with Crippen molar-refractivity contribution in [2.75, 3.05) is 5.73 Å². The van der Waals surface area contributed by atoms with Crippen molar-refractivity contribution in [2.45, 2.75) is 19.8 Å². The van der Waals surface area contributed by atoms with Crippen LogP contribution in [0.25, 0.3) is 0 Å². The zero-order chi connectivity index (χ0) is 12.4. The highest BCUT2D eigenvalue weighted by Crippen LogP contribution is 2.28. The SMILES string of the molecule is CCc1nc(N)sc1Cc1c(F)cccc1Cl. The molecule has 5 heteroatoms. The number of nitrogens with zero attached hydrogens (tertiary/aromatic N) is 1. The molecule has 1 aromatic heterocycles. The predicted molar refractivity (Wildman–Crippen MR) is 70.1 cm³/mol. The van der Waals surface area contributed by atoms with Gasteiger partial charge in [0.25, 0.3) is 0 Å². The predicted octanol–water partition coefficient (Wildman–Crippen LogP) is 3.67. The fourth-order valence-corrected chi connectivity index (χ4v) is 2.84. The van der Waals surface area contributed by atoms with Gasteiger partial charge in [-0.3, -0.25) is 0 Å². The lowest BCUT2D eigenvalue weighted by Crippen LogP contribution is -1.95. The van der Waals surface area contributed by atoms with E-state index in [1.165, 1.54) is 17.4 Å². The van der Waals surface area contributed by atoms with Crippen molar-refractivity contribution < 1.29 is 4.39 Å². The Kier molecular flexibility index (Phi) is 3.64. The van der Waals surface area contributed by atoms with Gasteiger partial charge in [-0.2, -0.15) is 0 Å². The van der Waals surface area contributed by atoms with Crippen LogP contribution in [0.5, 0.6) is 0 Å². The van der Waals surface area contributed by atoms with Gasteiger partial charge in [0, 0.05) is 21.9 Å². The molecule has 0 spiro atoms. The minimum atomic E-state index is -0.286. The smallest absolute Gasteiger partial charge is 0.180 e. The molecule has 2 N–H and O–H groups in total. The molecule has 2 aromatic rings. The molecular formula is C12H12ClFN2S. The molecule has 1 aromatic carbocycles. The molecule has 90 valence electrons. The molecule has 0 aliphatic carbocycles. The Hall–Kier alpha value is -1.13. The normalized spacial score (nSPS) is 10.8. The number of hydrogen-bond acceptors (Lipinski definition) is 3. The molecule has 0 amide bonds. The fraction of sp³-hybridized carbons (Fsp3) is 0.250. The lowest BCUT2D eigenvalue weighted by molar-refractivity contribution is 0.614. The van der Waals surface area contributed by atoms with Crippen LogP contribution in [0, 0.1) is 5.82 Å². The highest BCUT2D eigenvalue weighted by atomic mass is 35.5. The van der Waals surface area contributed by atoms with E-state index in [9.17, 15) is 4.39 Å². The quantitative estimate of drug-likeness (QED) is 0.924. The highest BCUT2D eigenvalue weighted by Gasteiger charge is 2.13. The molecule has 0 aliphatic rings. The molecule has 0 unspecified atom stereocenters. The summed E-state index contributed by atoms with van der Waals surface area (Å²) in [5, 5.41) is 0.961. The summed E-state index contributed by atoms with van der Waals surface area (Å²) in [5.41, 5.74) is 7.10. The lowest BCUT2D eigenvalue weighted by atomic mass is 10.1. The maximum absolute atomic E-state index is 13.6. The Morgan fingerprint density at radius 3 is 2.88 bits per heavy atom. The van der Waals surface area contributed by atoms with Crippen molar-refractivity contribution in [2.24, 2.45) is 0 Å². The number of aryl methyl sites for hydroxylation is 1. The van der Waals surface area contributed by atoms with Crippen molar-refractivity contribution in [3.63, 3.8) is 0 Å². The fourth-order valence-electron chi connectivity index (χ4n) is 1.68. The number of benzene rings is 1. The molecule has 0 fully saturated rings. The van der Waals surface area contributed by atoms with Crippen LogP contribution in [0.15, 0.2) is 18.2 Å². The molecule has 0 radical (unpaired) electrons. The van der Waals surface area contributed by atoms with Crippen LogP contribution in [-0.2, 0) is 12.8 Å². The first-order valence-corrected chi connectivity index (χ1v) is 6.48. The van der Waals surface area contributed by atoms with Gasteiger partial charge in [0.15, 0.2) is 5.13 Å². The Morgan fingerprint density at radius 1 is 1.47 bits per heavy atom. The number of rotatable bonds is 3. The van der Waals surface area contributed by atoms with Gasteiger partial charge in [0.1, 0.15) is 5.82 Å². The summed E-state index contributed by atoms with van der Waals surface area (Å²) in [5.74, 6) is -0.286. The van der Waals surface area contributed by atoms with Gasteiger partial charge in [-0.1, -0.05) is 24.6 Å². The molecule has 0 bridgehead atoms. The second-order valence-electron chi connectivity index (χ2n) is 3.65. The number of halogens is 2. The summed E-state index contributed by atoms with van der Waals surface area (Å²) in [4.78, 5) is 5.20. The maximum atomic E-state index is 13.6. The average Bonchev–Trinajstić information content (AvgIpc) is 2.64. The number of anilines is 1. The Labute approximate surface area is 108 Å². The van der Waals surface area contributed by atoms with Gasteiger partial charge < -0.3 is 5.73 Å². The second-order valence-corrected chi connectivity index (χ2v) is 5.17. The van der Waals surface area contributed by atoms with E-state index in [2.05, 4.69) is 4.98 Å². The molecule has 0 saturated heterocycles. The van der Waals surface area contributed by atoms with Crippen molar-refractivity contribution in [3.05, 3.63) is 45.2 Å². The van der Waals surface area contributed by atoms with Gasteiger partial charge in [-0.15, -0.1) is 11.3 Å². The van der Waals surface area contributed by atoms with Crippen LogP contribution in [0.2, 0.25) is 5.02 Å². The Morgan fingerprint density at radius 2 is 2.24 bits per heavy atom. The number of nitrogen functional groups attached to an aromatic ring is 1. The largest absolute Gasteiger partial charge is 0.375 e. The van der Waals surface area contributed by atoms with Crippen molar-refractivity contribution in [1.82, 2.24) is 4.98 Å². The molecule has 1 heterocycles. The van der Waals surface area contributed by atoms with Crippen molar-refractivity contribution >= 4 is 28.1 Å². The number of nitrogens with two attached hydrogens (primary N) is 1. The molecule has 0 aliphatic heterocycles. The molecule has 2 nitrogen and oxygen atoms in total. The van der Waals surface area contributed by atoms with E-state index in [-0.39, 0.29) is 5.82 Å². The summed E-state index contributed by atoms with van der Waals surface area (Å²) in [6, 6.07) is 4.70. The molecule has 2 rings (SSSR count). The third-order valence-electron chi connectivity index (χ3n) is 2.53. The molecular weight excluding hydrogens is 259 g/mol. The number of aromatic nitrogens is 1. The van der Waals surface area contributed by atoms with E-state index >= 15 is 0 Å². The minimum Gasteiger partial charge on any atom is -0.375 e. The summed E-state index contributed by atoms with van der Waals surface area (Å²) >= 11 is 7.39. The van der Waals surface area contributed by atoms with Crippen LogP contribution in [-0.4, -0.2) is 4.98 Å². The third kappa shape index (κ3) is 2.58. The number of thiazole rings is 1. The zero-order valence-electron chi connectivity index (χ0n) is 9.34. The van der Waals surface area contributed by atoms with Crippen LogP contribution in [0.4, 0.5) is 9.52 Å². The second kappa shape index (κ2) is 5.02. The van der Waals surface area contributed by atoms with E-state index in [1.54, 1.807) is 12.1 Å². The monoisotopic (exact) mass is 270 g/mol. The minimum absolute atomic E-state index is 0.286. The average molecular weight is 271 g/mol. The standard InChI is InChI=1S/C12H12ClFN2S/c1-2-10-11(17-12(15)16-10)6-7-8(13)4-3-5-9(7)14/h3-5H,2,6H2,1H3,(H2,15,16). The van der Waals surface area contributed by atoms with Gasteiger partial charge >= 0.3 is 0 Å². The topological polar surface area (TPSA) is 38.9 Å². The van der Waals surface area contributed by atoms with Gasteiger partial charge in [0.2, 0.25) is 0 Å². The lowest BCUT2D eigenvalue weighted by Gasteiger charge is -2.05. The molecule has 0 saturated carbocycles. The highest BCUT2D eigenvalue weighted by molar-refractivity contribution is 7.15. The first-order valence-electron chi connectivity index (χ1n) is 5.28. The van der Waals surface area contributed by atoms with E-state index in [0.29, 0.717) is 22.1 Å². The van der Waals surface area contributed by atoms with Gasteiger partial charge in [-0.25, -0.2) is 9.37 Å². The van der Waals surface area contributed by atoms with Crippen molar-refractivity contribution in [3.8, 4) is 0 Å². The summed E-state index contributed by atoms with van der Waals surface area (Å²) in [6.45, 7) is 2.00. The Bertz CT molecular complexity index is 519. The molecule has 17 heavy (non-hydrogen) atoms. The van der Waals surface area contributed by atoms with E-state index in [1.807, 2.05) is 6.92 Å². The van der Waals surface area contributed by atoms with Gasteiger partial charge in [-0.05, 0) is 18.6 Å². The third-order valence-corrected chi connectivity index (χ3v) is 3.81. The van der Waals surface area contributed by atoms with Crippen LogP contribution < -0.4 is 5.73 Å². The van der Waals surface area contributed by atoms with Crippen LogP contribution in [0.3, 0.4) is 0 Å². The van der Waals surface area contributed by atoms with E-state index < -0.39 is 0 Å². The first kappa shape index (κ1) is 12.3. The molecule has 0 atom stereocenters. The maximum Gasteiger partial charge on any atom is 0.180 e. The Balaban J connectivity index is 2.37. The summed E-state index contributed by atoms with van der Waals surface area (Å²) < 4.78 is 13.6. The van der Waals surface area contributed by atoms with Gasteiger partial charge in [0.05, 0.1) is 5.69 Å². The zero-order valence-corrected chi connectivity index (χ0v) is 10.9. The first-order chi connectivity index (χ1) is 8.11. The van der Waals surface area contributed by atoms with Crippen LogP contribution in [0.1, 0.15) is 23.1 Å². The van der Waals surface area contributed by atoms with E-state index in [0.717, 1.165) is 17.0 Å². The van der Waals surface area contributed by atoms with Crippen LogP contribution >= 0.6 is 22.9 Å². The summed E-state index contributed by atoms with van der Waals surface area (Å²) in [7, 11) is 0. The summed E-state index contributed by atoms with van der Waals surface area (Å²) in [6.07, 6.45) is 1.23.